The van der Waals surface area contributed by atoms with E-state index in [2.05, 4.69) is 13.8 Å². The van der Waals surface area contributed by atoms with Crippen LogP contribution in [0.3, 0.4) is 0 Å². The molecule has 1 aromatic heterocycles. The minimum Gasteiger partial charge on any atom is -0.449 e. The van der Waals surface area contributed by atoms with Crippen LogP contribution in [-0.2, 0) is 29.0 Å². The molecule has 194 valence electrons. The van der Waals surface area contributed by atoms with E-state index in [1.54, 1.807) is 30.9 Å². The zero-order valence-corrected chi connectivity index (χ0v) is 21.5. The van der Waals surface area contributed by atoms with E-state index in [1.165, 1.54) is 0 Å². The van der Waals surface area contributed by atoms with Gasteiger partial charge in [-0.1, -0.05) is 69.2 Å². The summed E-state index contributed by atoms with van der Waals surface area (Å²) in [4.78, 5) is 24.7. The maximum absolute atomic E-state index is 13.6. The molecular formula is C28H36N2O6. The van der Waals surface area contributed by atoms with Crippen LogP contribution in [0.4, 0.5) is 4.79 Å². The lowest BCUT2D eigenvalue weighted by molar-refractivity contribution is -0.111. The molecule has 8 heteroatoms. The number of aromatic nitrogens is 2. The Labute approximate surface area is 212 Å². The predicted molar refractivity (Wildman–Crippen MR) is 139 cm³/mol. The van der Waals surface area contributed by atoms with Gasteiger partial charge in [-0.05, 0) is 36.5 Å². The first kappa shape index (κ1) is 27.2. The fourth-order valence-electron chi connectivity index (χ4n) is 4.40. The van der Waals surface area contributed by atoms with Crippen molar-refractivity contribution in [1.29, 1.82) is 0 Å². The zero-order valence-electron chi connectivity index (χ0n) is 21.5. The summed E-state index contributed by atoms with van der Waals surface area (Å²) in [6, 6.07) is 14.7. The maximum atomic E-state index is 13.6. The van der Waals surface area contributed by atoms with Gasteiger partial charge in [-0.25, -0.2) is 9.59 Å². The van der Waals surface area contributed by atoms with Crippen molar-refractivity contribution < 1.29 is 24.1 Å². The van der Waals surface area contributed by atoms with Crippen molar-refractivity contribution in [2.75, 3.05) is 14.2 Å². The van der Waals surface area contributed by atoms with Crippen LogP contribution in [0.5, 0.6) is 5.75 Å². The lowest BCUT2D eigenvalue weighted by Crippen LogP contribution is -2.26. The molecule has 0 saturated heterocycles. The number of imidazole rings is 1. The molecule has 3 rings (SSSR count). The van der Waals surface area contributed by atoms with E-state index in [4.69, 9.17) is 19.3 Å². The van der Waals surface area contributed by atoms with Crippen LogP contribution >= 0.6 is 0 Å². The Kier molecular flexibility index (Phi) is 9.90. The quantitative estimate of drug-likeness (QED) is 0.181. The van der Waals surface area contributed by atoms with E-state index in [1.807, 2.05) is 41.0 Å². The second-order valence-corrected chi connectivity index (χ2v) is 8.67. The fraction of sp³-hybridized carbons (Fsp3) is 0.429. The molecule has 8 nitrogen and oxygen atoms in total. The normalized spacial score (nSPS) is 11.2. The summed E-state index contributed by atoms with van der Waals surface area (Å²) in [6.07, 6.45) is 2.59. The van der Waals surface area contributed by atoms with Crippen LogP contribution < -0.4 is 10.4 Å². The molecule has 2 aromatic carbocycles. The highest BCUT2D eigenvalue weighted by Gasteiger charge is 2.26. The molecule has 0 unspecified atom stereocenters. The summed E-state index contributed by atoms with van der Waals surface area (Å²) in [5.74, 6) is 0.277. The maximum Gasteiger partial charge on any atom is 0.511 e. The molecular weight excluding hydrogens is 460 g/mol. The highest BCUT2D eigenvalue weighted by molar-refractivity contribution is 5.74. The zero-order chi connectivity index (χ0) is 26.1. The van der Waals surface area contributed by atoms with Gasteiger partial charge in [0.25, 0.3) is 0 Å². The van der Waals surface area contributed by atoms with Crippen molar-refractivity contribution >= 4 is 6.16 Å². The molecule has 1 heterocycles. The third-order valence-corrected chi connectivity index (χ3v) is 6.22. The van der Waals surface area contributed by atoms with Crippen molar-refractivity contribution in [2.24, 2.45) is 0 Å². The van der Waals surface area contributed by atoms with Crippen molar-refractivity contribution in [1.82, 2.24) is 9.13 Å². The number of nitrogens with zero attached hydrogens (tertiary/aromatic N) is 2. The van der Waals surface area contributed by atoms with Gasteiger partial charge in [-0.15, -0.1) is 0 Å². The summed E-state index contributed by atoms with van der Waals surface area (Å²) < 4.78 is 19.8. The average molecular weight is 497 g/mol. The van der Waals surface area contributed by atoms with Crippen LogP contribution in [0.15, 0.2) is 53.3 Å². The molecule has 0 spiro atoms. The number of hydrogen-bond acceptors (Lipinski definition) is 5. The van der Waals surface area contributed by atoms with Crippen LogP contribution in [0.1, 0.15) is 62.8 Å². The summed E-state index contributed by atoms with van der Waals surface area (Å²) in [5.41, 5.74) is 4.14. The number of ether oxygens (including phenoxy) is 3. The van der Waals surface area contributed by atoms with Gasteiger partial charge in [-0.2, -0.15) is 0 Å². The molecule has 1 N–H and O–H groups in total. The summed E-state index contributed by atoms with van der Waals surface area (Å²) in [7, 11) is 3.18. The Bertz CT molecular complexity index is 1190. The molecule has 0 bridgehead atoms. The molecule has 0 fully saturated rings. The first-order chi connectivity index (χ1) is 17.4. The topological polar surface area (TPSA) is 91.9 Å². The molecule has 0 atom stereocenters. The van der Waals surface area contributed by atoms with Gasteiger partial charge < -0.3 is 19.3 Å². The molecule has 0 saturated carbocycles. The van der Waals surface area contributed by atoms with E-state index < -0.39 is 12.4 Å². The van der Waals surface area contributed by atoms with E-state index in [0.29, 0.717) is 18.7 Å². The number of carbonyl (C=O) groups is 1. The third kappa shape index (κ3) is 6.25. The smallest absolute Gasteiger partial charge is 0.449 e. The highest BCUT2D eigenvalue weighted by atomic mass is 16.7. The minimum atomic E-state index is -1.35. The molecule has 3 aromatic rings. The van der Waals surface area contributed by atoms with E-state index in [0.717, 1.165) is 54.6 Å². The Hall–Kier alpha value is -3.36. The third-order valence-electron chi connectivity index (χ3n) is 6.22. The monoisotopic (exact) mass is 496 g/mol. The SMILES string of the molecule is CCCCc1c(C(OC)OC)n(CCCC)c(=O)n1Cc1ccc(-c2ccccc2OC(=O)O)cc1. The minimum absolute atomic E-state index is 0.0621. The van der Waals surface area contributed by atoms with Crippen LogP contribution in [0.25, 0.3) is 11.1 Å². The van der Waals surface area contributed by atoms with Crippen molar-refractivity contribution in [3.8, 4) is 16.9 Å². The number of methoxy groups -OCH3 is 2. The van der Waals surface area contributed by atoms with Crippen LogP contribution in [0, 0.1) is 0 Å². The number of benzene rings is 2. The Morgan fingerprint density at radius 3 is 2.22 bits per heavy atom. The molecule has 0 aliphatic rings. The predicted octanol–water partition coefficient (Wildman–Crippen LogP) is 5.86. The highest BCUT2D eigenvalue weighted by Crippen LogP contribution is 2.30. The summed E-state index contributed by atoms with van der Waals surface area (Å²) >= 11 is 0. The van der Waals surface area contributed by atoms with Crippen molar-refractivity contribution in [3.63, 3.8) is 0 Å². The summed E-state index contributed by atoms with van der Waals surface area (Å²) in [5, 5.41) is 9.04. The Morgan fingerprint density at radius 1 is 0.944 bits per heavy atom. The van der Waals surface area contributed by atoms with Gasteiger partial charge in [0.2, 0.25) is 0 Å². The molecule has 0 amide bonds. The summed E-state index contributed by atoms with van der Waals surface area (Å²) in [6.45, 7) is 5.26. The van der Waals surface area contributed by atoms with Crippen molar-refractivity contribution in [2.45, 2.75) is 65.3 Å². The average Bonchev–Trinajstić information content (AvgIpc) is 3.13. The fourth-order valence-corrected chi connectivity index (χ4v) is 4.40. The van der Waals surface area contributed by atoms with Gasteiger partial charge in [0, 0.05) is 32.0 Å². The van der Waals surface area contributed by atoms with Gasteiger partial charge in [0.15, 0.2) is 6.29 Å². The van der Waals surface area contributed by atoms with Gasteiger partial charge in [-0.3, -0.25) is 9.13 Å². The second kappa shape index (κ2) is 13.1. The van der Waals surface area contributed by atoms with Crippen molar-refractivity contribution in [3.05, 3.63) is 76.0 Å². The largest absolute Gasteiger partial charge is 0.511 e. The number of para-hydroxylation sites is 1. The Balaban J connectivity index is 2.01. The number of hydrogen-bond donors (Lipinski definition) is 1. The number of rotatable bonds is 13. The van der Waals surface area contributed by atoms with Crippen LogP contribution in [-0.4, -0.2) is 34.6 Å². The molecule has 0 radical (unpaired) electrons. The Morgan fingerprint density at radius 2 is 1.61 bits per heavy atom. The molecule has 36 heavy (non-hydrogen) atoms. The van der Waals surface area contributed by atoms with Crippen LogP contribution in [0.2, 0.25) is 0 Å². The van der Waals surface area contributed by atoms with E-state index in [9.17, 15) is 9.59 Å². The first-order valence-corrected chi connectivity index (χ1v) is 12.4. The lowest BCUT2D eigenvalue weighted by Gasteiger charge is -2.18. The molecule has 0 aliphatic carbocycles. The van der Waals surface area contributed by atoms with Gasteiger partial charge in [0.1, 0.15) is 5.75 Å². The molecule has 0 aliphatic heterocycles. The second-order valence-electron chi connectivity index (χ2n) is 8.67. The number of unbranched alkanes of at least 4 members (excludes halogenated alkanes) is 2. The van der Waals surface area contributed by atoms with E-state index in [-0.39, 0.29) is 11.4 Å². The first-order valence-electron chi connectivity index (χ1n) is 12.4. The lowest BCUT2D eigenvalue weighted by atomic mass is 10.0. The number of carboxylic acid groups (broad SMARTS) is 1. The standard InChI is InChI=1S/C28H36N2O6/c1-5-7-12-23-25(26(34-3)35-4)29(18-8-6-2)27(31)30(23)19-20-14-16-21(17-15-20)22-11-9-10-13-24(22)36-28(32)33/h9-11,13-17,26H,5-8,12,18-19H2,1-4H3,(H,32,33). The van der Waals surface area contributed by atoms with E-state index >= 15 is 0 Å². The van der Waals surface area contributed by atoms with Gasteiger partial charge in [0.05, 0.1) is 12.2 Å². The van der Waals surface area contributed by atoms with Gasteiger partial charge >= 0.3 is 11.8 Å².